The van der Waals surface area contributed by atoms with Gasteiger partial charge in [0.15, 0.2) is 0 Å². The summed E-state index contributed by atoms with van der Waals surface area (Å²) in [5.41, 5.74) is 0. The Bertz CT molecular complexity index is 389. The highest BCUT2D eigenvalue weighted by Gasteiger charge is 2.50. The van der Waals surface area contributed by atoms with Crippen LogP contribution in [0.2, 0.25) is 0 Å². The van der Waals surface area contributed by atoms with E-state index in [9.17, 15) is 5.11 Å². The summed E-state index contributed by atoms with van der Waals surface area (Å²) in [5.74, 6) is 7.64. The van der Waals surface area contributed by atoms with Crippen LogP contribution in [-0.2, 0) is 0 Å². The summed E-state index contributed by atoms with van der Waals surface area (Å²) >= 11 is 0. The third-order valence-electron chi connectivity index (χ3n) is 8.45. The lowest BCUT2D eigenvalue weighted by atomic mass is 9.49. The van der Waals surface area contributed by atoms with Crippen molar-refractivity contribution in [1.82, 2.24) is 0 Å². The Balaban J connectivity index is 1.51. The predicted octanol–water partition coefficient (Wildman–Crippen LogP) is 5.27. The topological polar surface area (TPSA) is 20.2 Å². The Kier molecular flexibility index (Phi) is 4.30. The summed E-state index contributed by atoms with van der Waals surface area (Å²) in [6, 6.07) is 0. The van der Waals surface area contributed by atoms with Gasteiger partial charge >= 0.3 is 0 Å². The van der Waals surface area contributed by atoms with E-state index < -0.39 is 0 Å². The number of aliphatic hydroxyl groups is 1. The molecule has 1 N–H and O–H groups in total. The second-order valence-corrected chi connectivity index (χ2v) is 9.49. The van der Waals surface area contributed by atoms with E-state index in [0.717, 1.165) is 41.4 Å². The van der Waals surface area contributed by atoms with Crippen molar-refractivity contribution in [2.24, 2.45) is 47.3 Å². The maximum absolute atomic E-state index is 10.2. The molecule has 4 saturated carbocycles. The first-order valence-corrected chi connectivity index (χ1v) is 10.3. The number of rotatable bonds is 1. The summed E-state index contributed by atoms with van der Waals surface area (Å²) in [6.07, 6.45) is 14.6. The quantitative estimate of drug-likeness (QED) is 0.699. The van der Waals surface area contributed by atoms with E-state index in [-0.39, 0.29) is 6.10 Å². The molecule has 9 atom stereocenters. The van der Waals surface area contributed by atoms with Crippen LogP contribution in [0.1, 0.15) is 78.1 Å². The zero-order valence-corrected chi connectivity index (χ0v) is 14.7. The van der Waals surface area contributed by atoms with Crippen molar-refractivity contribution >= 4 is 0 Å². The predicted molar refractivity (Wildman–Crippen MR) is 91.4 cm³/mol. The van der Waals surface area contributed by atoms with Crippen LogP contribution < -0.4 is 0 Å². The molecule has 0 aromatic rings. The van der Waals surface area contributed by atoms with Crippen molar-refractivity contribution in [2.75, 3.05) is 0 Å². The summed E-state index contributed by atoms with van der Waals surface area (Å²) in [7, 11) is 0. The second-order valence-electron chi connectivity index (χ2n) is 9.49. The third-order valence-corrected chi connectivity index (χ3v) is 8.45. The summed E-state index contributed by atoms with van der Waals surface area (Å²) < 4.78 is 0. The van der Waals surface area contributed by atoms with E-state index in [0.29, 0.717) is 5.92 Å². The van der Waals surface area contributed by atoms with Gasteiger partial charge in [-0.2, -0.15) is 0 Å². The molecule has 1 heteroatoms. The molecule has 0 spiro atoms. The fraction of sp³-hybridized carbons (Fsp3) is 1.00. The minimum Gasteiger partial charge on any atom is -0.393 e. The van der Waals surface area contributed by atoms with Gasteiger partial charge in [0, 0.05) is 0 Å². The van der Waals surface area contributed by atoms with Crippen LogP contribution in [0, 0.1) is 47.3 Å². The fourth-order valence-corrected chi connectivity index (χ4v) is 7.59. The number of hydrogen-bond donors (Lipinski definition) is 1. The molecule has 4 fully saturated rings. The van der Waals surface area contributed by atoms with Gasteiger partial charge < -0.3 is 5.11 Å². The standard InChI is InChI=1S/C21H36O/c1-13-6-8-17-15(12-13)7-9-21-18-5-3-4-16(14(2)22)19(18)10-11-20(17)21/h13-22H,3-12H2,1-2H3. The van der Waals surface area contributed by atoms with Gasteiger partial charge in [-0.15, -0.1) is 0 Å². The Hall–Kier alpha value is -0.0400. The summed E-state index contributed by atoms with van der Waals surface area (Å²) in [5, 5.41) is 10.2. The molecule has 4 rings (SSSR count). The molecule has 0 saturated heterocycles. The van der Waals surface area contributed by atoms with Crippen molar-refractivity contribution in [3.8, 4) is 0 Å². The number of aliphatic hydroxyl groups excluding tert-OH is 1. The molecule has 9 unspecified atom stereocenters. The first-order valence-electron chi connectivity index (χ1n) is 10.3. The monoisotopic (exact) mass is 304 g/mol. The van der Waals surface area contributed by atoms with E-state index in [4.69, 9.17) is 0 Å². The smallest absolute Gasteiger partial charge is 0.0543 e. The van der Waals surface area contributed by atoms with Crippen LogP contribution in [0.5, 0.6) is 0 Å². The lowest BCUT2D eigenvalue weighted by Crippen LogP contribution is -2.49. The normalized spacial score (nSPS) is 53.0. The molecule has 0 bridgehead atoms. The minimum absolute atomic E-state index is 0.0729. The molecule has 0 heterocycles. The van der Waals surface area contributed by atoms with Gasteiger partial charge in [0.2, 0.25) is 0 Å². The Morgan fingerprint density at radius 3 is 2.18 bits per heavy atom. The van der Waals surface area contributed by atoms with Crippen LogP contribution in [0.3, 0.4) is 0 Å². The molecule has 22 heavy (non-hydrogen) atoms. The molecular formula is C21H36O. The van der Waals surface area contributed by atoms with Gasteiger partial charge in [0.1, 0.15) is 0 Å². The minimum atomic E-state index is -0.0729. The fourth-order valence-electron chi connectivity index (χ4n) is 7.59. The summed E-state index contributed by atoms with van der Waals surface area (Å²) in [4.78, 5) is 0. The highest BCUT2D eigenvalue weighted by atomic mass is 16.3. The van der Waals surface area contributed by atoms with Crippen molar-refractivity contribution < 1.29 is 5.11 Å². The second kappa shape index (κ2) is 6.11. The Morgan fingerprint density at radius 1 is 0.727 bits per heavy atom. The first-order chi connectivity index (χ1) is 10.6. The number of fused-ring (bicyclic) bond motifs is 5. The third kappa shape index (κ3) is 2.56. The van der Waals surface area contributed by atoms with Crippen LogP contribution in [0.4, 0.5) is 0 Å². The molecule has 0 amide bonds. The lowest BCUT2D eigenvalue weighted by molar-refractivity contribution is -0.0810. The highest BCUT2D eigenvalue weighted by Crippen LogP contribution is 2.58. The van der Waals surface area contributed by atoms with Crippen molar-refractivity contribution in [1.29, 1.82) is 0 Å². The maximum atomic E-state index is 10.2. The SMILES string of the molecule is CC1CCC2C(CCC3C2CCC2C(C(C)O)CCCC23)C1. The van der Waals surface area contributed by atoms with Gasteiger partial charge in [-0.05, 0) is 106 Å². The first kappa shape index (κ1) is 15.5. The highest BCUT2D eigenvalue weighted by molar-refractivity contribution is 5.00. The molecule has 0 aliphatic heterocycles. The molecule has 1 nitrogen and oxygen atoms in total. The van der Waals surface area contributed by atoms with Crippen molar-refractivity contribution in [2.45, 2.75) is 84.2 Å². The van der Waals surface area contributed by atoms with Crippen LogP contribution in [0.25, 0.3) is 0 Å². The van der Waals surface area contributed by atoms with Gasteiger partial charge in [-0.1, -0.05) is 19.8 Å². The van der Waals surface area contributed by atoms with Gasteiger partial charge in [0.25, 0.3) is 0 Å². The zero-order valence-electron chi connectivity index (χ0n) is 14.7. The molecule has 0 aromatic heterocycles. The van der Waals surface area contributed by atoms with E-state index in [1.165, 1.54) is 64.2 Å². The molecule has 0 aromatic carbocycles. The van der Waals surface area contributed by atoms with Crippen molar-refractivity contribution in [3.63, 3.8) is 0 Å². The van der Waals surface area contributed by atoms with Crippen LogP contribution in [-0.4, -0.2) is 11.2 Å². The van der Waals surface area contributed by atoms with Gasteiger partial charge in [-0.25, -0.2) is 0 Å². The van der Waals surface area contributed by atoms with Gasteiger partial charge in [-0.3, -0.25) is 0 Å². The Morgan fingerprint density at radius 2 is 1.36 bits per heavy atom. The number of hydrogen-bond acceptors (Lipinski definition) is 1. The average molecular weight is 305 g/mol. The molecular weight excluding hydrogens is 268 g/mol. The lowest BCUT2D eigenvalue weighted by Gasteiger charge is -2.56. The molecule has 126 valence electrons. The van der Waals surface area contributed by atoms with E-state index in [1.807, 2.05) is 0 Å². The van der Waals surface area contributed by atoms with Gasteiger partial charge in [0.05, 0.1) is 6.10 Å². The van der Waals surface area contributed by atoms with E-state index in [2.05, 4.69) is 13.8 Å². The zero-order chi connectivity index (χ0) is 15.3. The molecule has 0 radical (unpaired) electrons. The summed E-state index contributed by atoms with van der Waals surface area (Å²) in [6.45, 7) is 4.53. The largest absolute Gasteiger partial charge is 0.393 e. The van der Waals surface area contributed by atoms with Crippen LogP contribution >= 0.6 is 0 Å². The van der Waals surface area contributed by atoms with E-state index >= 15 is 0 Å². The maximum Gasteiger partial charge on any atom is 0.0543 e. The van der Waals surface area contributed by atoms with Crippen LogP contribution in [0.15, 0.2) is 0 Å². The van der Waals surface area contributed by atoms with E-state index in [1.54, 1.807) is 0 Å². The molecule has 4 aliphatic carbocycles. The van der Waals surface area contributed by atoms with Crippen molar-refractivity contribution in [3.05, 3.63) is 0 Å². The molecule has 4 aliphatic rings. The average Bonchev–Trinajstić information content (AvgIpc) is 2.53. The Labute approximate surface area is 137 Å².